The number of aromatic hydroxyl groups is 1. The molecule has 104 valence electrons. The number of carbonyl (C=O) groups excluding carboxylic acids is 1. The second-order valence-corrected chi connectivity index (χ2v) is 5.41. The van der Waals surface area contributed by atoms with Crippen LogP contribution >= 0.6 is 11.8 Å². The van der Waals surface area contributed by atoms with Crippen LogP contribution in [0.1, 0.15) is 12.5 Å². The summed E-state index contributed by atoms with van der Waals surface area (Å²) in [4.78, 5) is 11.6. The summed E-state index contributed by atoms with van der Waals surface area (Å²) in [7, 11) is 0. The van der Waals surface area contributed by atoms with Crippen molar-refractivity contribution in [2.24, 2.45) is 0 Å². The molecule has 3 nitrogen and oxygen atoms in total. The quantitative estimate of drug-likeness (QED) is 0.824. The molecule has 2 rings (SSSR count). The molecule has 0 aliphatic heterocycles. The minimum Gasteiger partial charge on any atom is -0.507 e. The van der Waals surface area contributed by atoms with Crippen molar-refractivity contribution in [3.8, 4) is 11.5 Å². The van der Waals surface area contributed by atoms with E-state index in [1.54, 1.807) is 18.2 Å². The van der Waals surface area contributed by atoms with Gasteiger partial charge in [-0.1, -0.05) is 30.3 Å². The summed E-state index contributed by atoms with van der Waals surface area (Å²) in [5.74, 6) is 1.27. The molecule has 0 radical (unpaired) electrons. The van der Waals surface area contributed by atoms with Gasteiger partial charge in [0.05, 0.1) is 10.6 Å². The number of carbonyl (C=O) groups is 1. The molecule has 0 aliphatic carbocycles. The molecule has 20 heavy (non-hydrogen) atoms. The highest BCUT2D eigenvalue weighted by molar-refractivity contribution is 8.00. The van der Waals surface area contributed by atoms with Crippen molar-refractivity contribution in [2.75, 3.05) is 5.75 Å². The number of benzene rings is 2. The zero-order valence-corrected chi connectivity index (χ0v) is 12.0. The van der Waals surface area contributed by atoms with Crippen molar-refractivity contribution >= 4 is 17.5 Å². The first kappa shape index (κ1) is 14.5. The highest BCUT2D eigenvalue weighted by Gasteiger charge is 2.06. The Labute approximate surface area is 122 Å². The number of hydrogen-bond donors (Lipinski definition) is 1. The van der Waals surface area contributed by atoms with Crippen molar-refractivity contribution in [3.63, 3.8) is 0 Å². The van der Waals surface area contributed by atoms with Crippen LogP contribution in [0.25, 0.3) is 0 Å². The van der Waals surface area contributed by atoms with Crippen molar-refractivity contribution in [2.45, 2.75) is 18.4 Å². The van der Waals surface area contributed by atoms with Gasteiger partial charge in [-0.3, -0.25) is 4.79 Å². The summed E-state index contributed by atoms with van der Waals surface area (Å²) in [6, 6.07) is 14.9. The normalized spacial score (nSPS) is 10.2. The number of rotatable bonds is 6. The Morgan fingerprint density at radius 3 is 2.65 bits per heavy atom. The standard InChI is InChI=1S/C16H16O3S/c1-12(17)11-20-16-9-14(7-8-15(16)18)19-10-13-5-3-2-4-6-13/h2-9,18H,10-11H2,1H3. The van der Waals surface area contributed by atoms with Crippen LogP contribution in [0, 0.1) is 0 Å². The highest BCUT2D eigenvalue weighted by Crippen LogP contribution is 2.32. The molecule has 0 aliphatic rings. The molecule has 0 atom stereocenters. The van der Waals surface area contributed by atoms with Crippen molar-refractivity contribution < 1.29 is 14.6 Å². The molecule has 1 N–H and O–H groups in total. The lowest BCUT2D eigenvalue weighted by Crippen LogP contribution is -1.96. The average molecular weight is 288 g/mol. The third kappa shape index (κ3) is 4.31. The van der Waals surface area contributed by atoms with E-state index >= 15 is 0 Å². The van der Waals surface area contributed by atoms with Crippen LogP contribution in [0.2, 0.25) is 0 Å². The van der Waals surface area contributed by atoms with Gasteiger partial charge in [0.25, 0.3) is 0 Å². The Morgan fingerprint density at radius 1 is 1.20 bits per heavy atom. The molecular formula is C16H16O3S. The monoisotopic (exact) mass is 288 g/mol. The van der Waals surface area contributed by atoms with Gasteiger partial charge in [0.2, 0.25) is 0 Å². The molecule has 4 heteroatoms. The SMILES string of the molecule is CC(=O)CSc1cc(OCc2ccccc2)ccc1O. The van der Waals surface area contributed by atoms with Crippen LogP contribution in [0.5, 0.6) is 11.5 Å². The zero-order chi connectivity index (χ0) is 14.4. The average Bonchev–Trinajstić information content (AvgIpc) is 2.46. The van der Waals surface area contributed by atoms with Gasteiger partial charge in [-0.15, -0.1) is 11.8 Å². The summed E-state index contributed by atoms with van der Waals surface area (Å²) in [6.07, 6.45) is 0. The van der Waals surface area contributed by atoms with E-state index in [0.717, 1.165) is 5.56 Å². The van der Waals surface area contributed by atoms with Gasteiger partial charge in [0.15, 0.2) is 0 Å². The van der Waals surface area contributed by atoms with Crippen molar-refractivity contribution in [1.82, 2.24) is 0 Å². The summed E-state index contributed by atoms with van der Waals surface area (Å²) >= 11 is 1.31. The van der Waals surface area contributed by atoms with Crippen molar-refractivity contribution in [3.05, 3.63) is 54.1 Å². The fourth-order valence-corrected chi connectivity index (χ4v) is 2.39. The first-order chi connectivity index (χ1) is 9.65. The first-order valence-corrected chi connectivity index (χ1v) is 7.25. The Bertz CT molecular complexity index is 582. The Kier molecular flexibility index (Phi) is 5.07. The predicted molar refractivity (Wildman–Crippen MR) is 80.3 cm³/mol. The van der Waals surface area contributed by atoms with E-state index in [4.69, 9.17) is 4.74 Å². The van der Waals surface area contributed by atoms with Crippen molar-refractivity contribution in [1.29, 1.82) is 0 Å². The third-order valence-corrected chi connectivity index (χ3v) is 3.80. The Hall–Kier alpha value is -1.94. The van der Waals surface area contributed by atoms with Gasteiger partial charge < -0.3 is 9.84 Å². The molecule has 0 heterocycles. The number of phenols is 1. The summed E-state index contributed by atoms with van der Waals surface area (Å²) in [5, 5.41) is 9.75. The van der Waals surface area contributed by atoms with Crippen LogP contribution in [-0.2, 0) is 11.4 Å². The number of phenolic OH excluding ortho intramolecular Hbond substituents is 1. The molecule has 0 fully saturated rings. The lowest BCUT2D eigenvalue weighted by molar-refractivity contribution is -0.114. The zero-order valence-electron chi connectivity index (χ0n) is 11.2. The lowest BCUT2D eigenvalue weighted by atomic mass is 10.2. The topological polar surface area (TPSA) is 46.5 Å². The summed E-state index contributed by atoms with van der Waals surface area (Å²) < 4.78 is 5.69. The van der Waals surface area contributed by atoms with Crippen LogP contribution in [0.4, 0.5) is 0 Å². The van der Waals surface area contributed by atoms with Crippen LogP contribution in [-0.4, -0.2) is 16.6 Å². The Morgan fingerprint density at radius 2 is 1.95 bits per heavy atom. The molecule has 0 bridgehead atoms. The Balaban J connectivity index is 2.01. The van der Waals surface area contributed by atoms with E-state index < -0.39 is 0 Å². The van der Waals surface area contributed by atoms with Gasteiger partial charge in [-0.25, -0.2) is 0 Å². The molecule has 2 aromatic rings. The van der Waals surface area contributed by atoms with Gasteiger partial charge in [-0.2, -0.15) is 0 Å². The summed E-state index contributed by atoms with van der Waals surface area (Å²) in [5.41, 5.74) is 1.08. The molecule has 0 aromatic heterocycles. The van der Waals surface area contributed by atoms with E-state index in [-0.39, 0.29) is 11.5 Å². The molecule has 0 amide bonds. The minimum absolute atomic E-state index is 0.0741. The minimum atomic E-state index is 0.0741. The second-order valence-electron chi connectivity index (χ2n) is 4.39. The van der Waals surface area contributed by atoms with Gasteiger partial charge in [0, 0.05) is 0 Å². The van der Waals surface area contributed by atoms with E-state index in [9.17, 15) is 9.90 Å². The summed E-state index contributed by atoms with van der Waals surface area (Å²) in [6.45, 7) is 2.00. The smallest absolute Gasteiger partial charge is 0.140 e. The predicted octanol–water partition coefficient (Wildman–Crippen LogP) is 3.65. The fourth-order valence-electron chi connectivity index (χ4n) is 1.62. The number of Topliss-reactive ketones (excluding diaryl/α,β-unsaturated/α-hetero) is 1. The third-order valence-electron chi connectivity index (χ3n) is 2.61. The maximum absolute atomic E-state index is 11.0. The van der Waals surface area contributed by atoms with Gasteiger partial charge in [0.1, 0.15) is 23.9 Å². The maximum Gasteiger partial charge on any atom is 0.140 e. The molecule has 0 unspecified atom stereocenters. The van der Waals surface area contributed by atoms with Gasteiger partial charge >= 0.3 is 0 Å². The van der Waals surface area contributed by atoms with E-state index in [2.05, 4.69) is 0 Å². The second kappa shape index (κ2) is 7.01. The van der Waals surface area contributed by atoms with E-state index in [0.29, 0.717) is 23.0 Å². The van der Waals surface area contributed by atoms with Gasteiger partial charge in [-0.05, 0) is 30.7 Å². The number of ether oxygens (including phenoxy) is 1. The van der Waals surface area contributed by atoms with E-state index in [1.165, 1.54) is 18.7 Å². The fraction of sp³-hybridized carbons (Fsp3) is 0.188. The molecule has 0 saturated heterocycles. The number of ketones is 1. The highest BCUT2D eigenvalue weighted by atomic mass is 32.2. The molecular weight excluding hydrogens is 272 g/mol. The maximum atomic E-state index is 11.0. The van der Waals surface area contributed by atoms with Crippen LogP contribution in [0.3, 0.4) is 0 Å². The van der Waals surface area contributed by atoms with E-state index in [1.807, 2.05) is 30.3 Å². The van der Waals surface area contributed by atoms with Crippen LogP contribution < -0.4 is 4.74 Å². The number of thioether (sulfide) groups is 1. The lowest BCUT2D eigenvalue weighted by Gasteiger charge is -2.09. The largest absolute Gasteiger partial charge is 0.507 e. The van der Waals surface area contributed by atoms with Crippen LogP contribution in [0.15, 0.2) is 53.4 Å². The molecule has 2 aromatic carbocycles. The molecule has 0 spiro atoms. The molecule has 0 saturated carbocycles. The number of hydrogen-bond acceptors (Lipinski definition) is 4. The first-order valence-electron chi connectivity index (χ1n) is 6.27.